The summed E-state index contributed by atoms with van der Waals surface area (Å²) in [6.07, 6.45) is 0. The predicted molar refractivity (Wildman–Crippen MR) is 72.2 cm³/mol. The highest BCUT2D eigenvalue weighted by Gasteiger charge is 2.12. The first-order chi connectivity index (χ1) is 8.61. The van der Waals surface area contributed by atoms with E-state index >= 15 is 0 Å². The van der Waals surface area contributed by atoms with Crippen LogP contribution in [0.4, 0.5) is 10.1 Å². The molecule has 2 aromatic rings. The van der Waals surface area contributed by atoms with Crippen molar-refractivity contribution < 1.29 is 4.39 Å². The minimum Gasteiger partial charge on any atom is -0.375 e. The molecule has 0 aliphatic rings. The number of thiophene rings is 1. The van der Waals surface area contributed by atoms with Crippen LogP contribution in [0.1, 0.15) is 29.0 Å². The summed E-state index contributed by atoms with van der Waals surface area (Å²) in [7, 11) is 0. The van der Waals surface area contributed by atoms with Gasteiger partial charge < -0.3 is 5.32 Å². The van der Waals surface area contributed by atoms with Crippen molar-refractivity contribution in [3.8, 4) is 6.07 Å². The lowest BCUT2D eigenvalue weighted by molar-refractivity contribution is 0.627. The fourth-order valence-corrected chi connectivity index (χ4v) is 2.76. The molecular formula is C14H13FN2S. The van der Waals surface area contributed by atoms with E-state index in [0.29, 0.717) is 11.3 Å². The van der Waals surface area contributed by atoms with E-state index in [-0.39, 0.29) is 6.04 Å². The molecule has 2 rings (SSSR count). The van der Waals surface area contributed by atoms with Gasteiger partial charge in [-0.3, -0.25) is 0 Å². The van der Waals surface area contributed by atoms with Gasteiger partial charge in [0, 0.05) is 4.88 Å². The summed E-state index contributed by atoms with van der Waals surface area (Å²) in [4.78, 5) is 1.19. The Morgan fingerprint density at radius 2 is 2.17 bits per heavy atom. The monoisotopic (exact) mass is 260 g/mol. The predicted octanol–water partition coefficient (Wildman–Crippen LogP) is 4.24. The minimum atomic E-state index is -0.393. The van der Waals surface area contributed by atoms with Crippen molar-refractivity contribution in [2.45, 2.75) is 19.9 Å². The van der Waals surface area contributed by atoms with Crippen LogP contribution < -0.4 is 5.32 Å². The van der Waals surface area contributed by atoms with Crippen LogP contribution in [-0.2, 0) is 0 Å². The molecule has 1 atom stereocenters. The van der Waals surface area contributed by atoms with E-state index in [0.717, 1.165) is 0 Å². The van der Waals surface area contributed by atoms with Gasteiger partial charge in [0.2, 0.25) is 0 Å². The normalized spacial score (nSPS) is 11.9. The van der Waals surface area contributed by atoms with E-state index in [9.17, 15) is 4.39 Å². The number of rotatable bonds is 3. The average molecular weight is 260 g/mol. The summed E-state index contributed by atoms with van der Waals surface area (Å²) in [5.74, 6) is -0.393. The molecule has 4 heteroatoms. The lowest BCUT2D eigenvalue weighted by atomic mass is 10.1. The zero-order chi connectivity index (χ0) is 13.1. The molecule has 0 fully saturated rings. The van der Waals surface area contributed by atoms with Crippen molar-refractivity contribution in [3.63, 3.8) is 0 Å². The van der Waals surface area contributed by atoms with Gasteiger partial charge in [-0.25, -0.2) is 4.39 Å². The molecule has 0 radical (unpaired) electrons. The molecule has 1 unspecified atom stereocenters. The van der Waals surface area contributed by atoms with E-state index in [4.69, 9.17) is 5.26 Å². The first kappa shape index (κ1) is 12.6. The minimum absolute atomic E-state index is 0.0486. The number of aryl methyl sites for hydroxylation is 1. The standard InChI is InChI=1S/C14H13FN2S/c1-9-5-6-18-14(9)10(2)17-13-4-3-11(8-16)7-12(13)15/h3-7,10,17H,1-2H3. The van der Waals surface area contributed by atoms with Gasteiger partial charge in [0.25, 0.3) is 0 Å². The third kappa shape index (κ3) is 2.52. The summed E-state index contributed by atoms with van der Waals surface area (Å²) < 4.78 is 13.7. The molecule has 1 N–H and O–H groups in total. The molecule has 92 valence electrons. The van der Waals surface area contributed by atoms with Crippen LogP contribution in [0.5, 0.6) is 0 Å². The molecule has 0 aliphatic carbocycles. The van der Waals surface area contributed by atoms with E-state index < -0.39 is 5.82 Å². The Balaban J connectivity index is 2.20. The SMILES string of the molecule is Cc1ccsc1C(C)Nc1ccc(C#N)cc1F. The second-order valence-corrected chi connectivity index (χ2v) is 5.09. The zero-order valence-electron chi connectivity index (χ0n) is 10.2. The van der Waals surface area contributed by atoms with Gasteiger partial charge in [0.1, 0.15) is 5.82 Å². The number of nitriles is 1. The highest BCUT2D eigenvalue weighted by Crippen LogP contribution is 2.28. The van der Waals surface area contributed by atoms with Crippen LogP contribution in [0.2, 0.25) is 0 Å². The third-order valence-corrected chi connectivity index (χ3v) is 3.97. The molecule has 0 saturated heterocycles. The number of nitrogens with zero attached hydrogens (tertiary/aromatic N) is 1. The van der Waals surface area contributed by atoms with E-state index in [1.54, 1.807) is 23.5 Å². The second kappa shape index (κ2) is 5.19. The zero-order valence-corrected chi connectivity index (χ0v) is 11.0. The van der Waals surface area contributed by atoms with Gasteiger partial charge in [-0.2, -0.15) is 5.26 Å². The summed E-state index contributed by atoms with van der Waals surface area (Å²) >= 11 is 1.65. The Labute approximate surface area is 110 Å². The Morgan fingerprint density at radius 3 is 2.72 bits per heavy atom. The average Bonchev–Trinajstić information content (AvgIpc) is 2.78. The molecule has 0 saturated carbocycles. The molecule has 0 amide bonds. The quantitative estimate of drug-likeness (QED) is 0.896. The number of halogens is 1. The van der Waals surface area contributed by atoms with E-state index in [1.807, 2.05) is 31.4 Å². The van der Waals surface area contributed by atoms with Crippen LogP contribution in [0, 0.1) is 24.1 Å². The van der Waals surface area contributed by atoms with Gasteiger partial charge >= 0.3 is 0 Å². The van der Waals surface area contributed by atoms with Crippen LogP contribution in [0.15, 0.2) is 29.6 Å². The number of benzene rings is 1. The fourth-order valence-electron chi connectivity index (χ4n) is 1.83. The van der Waals surface area contributed by atoms with Crippen LogP contribution >= 0.6 is 11.3 Å². The maximum Gasteiger partial charge on any atom is 0.147 e. The molecule has 1 aromatic carbocycles. The van der Waals surface area contributed by atoms with Gasteiger partial charge in [0.15, 0.2) is 0 Å². The molecule has 0 bridgehead atoms. The van der Waals surface area contributed by atoms with Crippen molar-refractivity contribution in [2.75, 3.05) is 5.32 Å². The van der Waals surface area contributed by atoms with E-state index in [2.05, 4.69) is 5.32 Å². The van der Waals surface area contributed by atoms with Crippen molar-refractivity contribution in [1.29, 1.82) is 5.26 Å². The maximum atomic E-state index is 13.7. The van der Waals surface area contributed by atoms with E-state index in [1.165, 1.54) is 16.5 Å². The Kier molecular flexibility index (Phi) is 3.63. The van der Waals surface area contributed by atoms with Crippen LogP contribution in [-0.4, -0.2) is 0 Å². The summed E-state index contributed by atoms with van der Waals surface area (Å²) in [6, 6.07) is 8.48. The smallest absolute Gasteiger partial charge is 0.147 e. The molecule has 18 heavy (non-hydrogen) atoms. The lowest BCUT2D eigenvalue weighted by Crippen LogP contribution is -2.07. The molecular weight excluding hydrogens is 247 g/mol. The lowest BCUT2D eigenvalue weighted by Gasteiger charge is -2.15. The molecule has 2 nitrogen and oxygen atoms in total. The van der Waals surface area contributed by atoms with Crippen LogP contribution in [0.25, 0.3) is 0 Å². The van der Waals surface area contributed by atoms with Crippen molar-refractivity contribution in [1.82, 2.24) is 0 Å². The van der Waals surface area contributed by atoms with Gasteiger partial charge in [-0.15, -0.1) is 11.3 Å². The largest absolute Gasteiger partial charge is 0.375 e. The summed E-state index contributed by atoms with van der Waals surface area (Å²) in [5, 5.41) is 13.8. The van der Waals surface area contributed by atoms with Gasteiger partial charge in [-0.1, -0.05) is 0 Å². The summed E-state index contributed by atoms with van der Waals surface area (Å²) in [6.45, 7) is 4.04. The molecule has 0 aliphatic heterocycles. The fraction of sp³-hybridized carbons (Fsp3) is 0.214. The maximum absolute atomic E-state index is 13.7. The number of hydrogen-bond donors (Lipinski definition) is 1. The number of hydrogen-bond acceptors (Lipinski definition) is 3. The highest BCUT2D eigenvalue weighted by atomic mass is 32.1. The Morgan fingerprint density at radius 1 is 1.39 bits per heavy atom. The Bertz CT molecular complexity index is 598. The first-order valence-corrected chi connectivity index (χ1v) is 6.50. The molecule has 0 spiro atoms. The van der Waals surface area contributed by atoms with Crippen molar-refractivity contribution in [3.05, 3.63) is 51.5 Å². The first-order valence-electron chi connectivity index (χ1n) is 5.62. The van der Waals surface area contributed by atoms with Gasteiger partial charge in [0.05, 0.1) is 23.4 Å². The number of anilines is 1. The summed E-state index contributed by atoms with van der Waals surface area (Å²) in [5.41, 5.74) is 1.96. The van der Waals surface area contributed by atoms with Gasteiger partial charge in [-0.05, 0) is 49.1 Å². The molecule has 1 heterocycles. The molecule has 1 aromatic heterocycles. The topological polar surface area (TPSA) is 35.8 Å². The third-order valence-electron chi connectivity index (χ3n) is 2.77. The number of nitrogens with one attached hydrogen (secondary N) is 1. The van der Waals surface area contributed by atoms with Crippen molar-refractivity contribution in [2.24, 2.45) is 0 Å². The highest BCUT2D eigenvalue weighted by molar-refractivity contribution is 7.10. The van der Waals surface area contributed by atoms with Crippen LogP contribution in [0.3, 0.4) is 0 Å². The second-order valence-electron chi connectivity index (χ2n) is 4.14. The Hall–Kier alpha value is -1.86. The van der Waals surface area contributed by atoms with Crippen molar-refractivity contribution >= 4 is 17.0 Å².